The van der Waals surface area contributed by atoms with Crippen LogP contribution in [0.2, 0.25) is 0 Å². The zero-order valence-corrected chi connectivity index (χ0v) is 17.8. The molecule has 1 aromatic carbocycles. The van der Waals surface area contributed by atoms with E-state index in [1.165, 1.54) is 42.7 Å². The van der Waals surface area contributed by atoms with Crippen LogP contribution in [0, 0.1) is 17.8 Å². The highest BCUT2D eigenvalue weighted by atomic mass is 32.1. The quantitative estimate of drug-likeness (QED) is 0.517. The number of carbonyl (C=O) groups excluding carboxylic acids is 1. The number of rotatable bonds is 6. The average Bonchev–Trinajstić information content (AvgIpc) is 3.17. The van der Waals surface area contributed by atoms with Crippen LogP contribution >= 0.6 is 11.3 Å². The number of ether oxygens (including phenoxy) is 1. The highest BCUT2D eigenvalue weighted by Gasteiger charge is 2.53. The Kier molecular flexibility index (Phi) is 5.26. The molecule has 4 fully saturated rings. The van der Waals surface area contributed by atoms with Crippen LogP contribution in [0.3, 0.4) is 0 Å². The first-order valence-electron chi connectivity index (χ1n) is 10.6. The number of hydrogen-bond acceptors (Lipinski definition) is 5. The van der Waals surface area contributed by atoms with Gasteiger partial charge in [-0.3, -0.25) is 5.32 Å². The maximum absolute atomic E-state index is 13.0. The zero-order valence-electron chi connectivity index (χ0n) is 17.0. The van der Waals surface area contributed by atoms with Crippen molar-refractivity contribution >= 4 is 28.2 Å². The third kappa shape index (κ3) is 4.14. The second kappa shape index (κ2) is 7.86. The van der Waals surface area contributed by atoms with E-state index in [9.17, 15) is 22.4 Å². The largest absolute Gasteiger partial charge is 0.461 e. The van der Waals surface area contributed by atoms with Gasteiger partial charge >= 0.3 is 18.6 Å². The molecule has 4 saturated carbocycles. The van der Waals surface area contributed by atoms with Gasteiger partial charge in [-0.15, -0.1) is 10.2 Å². The van der Waals surface area contributed by atoms with Gasteiger partial charge in [-0.25, -0.2) is 4.79 Å². The van der Waals surface area contributed by atoms with Gasteiger partial charge < -0.3 is 10.1 Å². The molecule has 4 bridgehead atoms. The van der Waals surface area contributed by atoms with Gasteiger partial charge in [0.15, 0.2) is 0 Å². The number of amides is 2. The molecule has 6 rings (SSSR count). The van der Waals surface area contributed by atoms with Crippen LogP contribution < -0.4 is 15.4 Å². The molecule has 172 valence electrons. The summed E-state index contributed by atoms with van der Waals surface area (Å²) in [6.07, 6.45) is -1.09. The van der Waals surface area contributed by atoms with E-state index in [4.69, 9.17) is 0 Å². The lowest BCUT2D eigenvalue weighted by Crippen LogP contribution is -2.48. The molecule has 0 aliphatic heterocycles. The molecule has 0 atom stereocenters. The first kappa shape index (κ1) is 21.4. The molecule has 11 heteroatoms. The van der Waals surface area contributed by atoms with Gasteiger partial charge in [0.1, 0.15) is 10.8 Å². The molecular weight excluding hydrogens is 448 g/mol. The second-order valence-corrected chi connectivity index (χ2v) is 10.2. The number of nitrogens with zero attached hydrogens (tertiary/aromatic N) is 2. The smallest absolute Gasteiger partial charge is 0.428 e. The van der Waals surface area contributed by atoms with Gasteiger partial charge in [0.2, 0.25) is 5.13 Å². The third-order valence-electron chi connectivity index (χ3n) is 6.76. The molecule has 6 nitrogen and oxygen atoms in total. The lowest BCUT2D eigenvalue weighted by atomic mass is 9.50. The van der Waals surface area contributed by atoms with Gasteiger partial charge in [0.05, 0.1) is 0 Å². The van der Waals surface area contributed by atoms with E-state index in [0.29, 0.717) is 5.13 Å². The molecule has 4 aliphatic rings. The highest BCUT2D eigenvalue weighted by molar-refractivity contribution is 7.15. The SMILES string of the molecule is O=C(Nc1ccc(OC(F)(F)C(F)F)cc1)Nc1nnc(C23CC4CC(CC(C4)C2)C3)s1. The minimum absolute atomic E-state index is 0.0962. The van der Waals surface area contributed by atoms with Gasteiger partial charge in [0, 0.05) is 11.1 Å². The van der Waals surface area contributed by atoms with E-state index < -0.39 is 24.3 Å². The van der Waals surface area contributed by atoms with Crippen LogP contribution in [0.25, 0.3) is 0 Å². The number of urea groups is 1. The zero-order chi connectivity index (χ0) is 22.5. The Morgan fingerprint density at radius 3 is 2.19 bits per heavy atom. The molecule has 32 heavy (non-hydrogen) atoms. The van der Waals surface area contributed by atoms with E-state index in [1.54, 1.807) is 0 Å². The maximum atomic E-state index is 13.0. The van der Waals surface area contributed by atoms with Gasteiger partial charge in [0.25, 0.3) is 0 Å². The van der Waals surface area contributed by atoms with Crippen LogP contribution in [-0.2, 0) is 5.41 Å². The minimum Gasteiger partial charge on any atom is -0.428 e. The highest BCUT2D eigenvalue weighted by Crippen LogP contribution is 2.61. The number of benzene rings is 1. The van der Waals surface area contributed by atoms with Crippen LogP contribution in [0.5, 0.6) is 5.75 Å². The van der Waals surface area contributed by atoms with Crippen molar-refractivity contribution < 1.29 is 27.1 Å². The van der Waals surface area contributed by atoms with Crippen LogP contribution in [0.1, 0.15) is 43.5 Å². The lowest BCUT2D eigenvalue weighted by Gasteiger charge is -2.55. The number of nitrogens with one attached hydrogen (secondary N) is 2. The average molecular weight is 470 g/mol. The summed E-state index contributed by atoms with van der Waals surface area (Å²) in [6.45, 7) is 0. The van der Waals surface area contributed by atoms with Crippen LogP contribution in [0.4, 0.5) is 33.2 Å². The predicted molar refractivity (Wildman–Crippen MR) is 110 cm³/mol. The molecule has 4 aliphatic carbocycles. The second-order valence-electron chi connectivity index (χ2n) is 9.18. The van der Waals surface area contributed by atoms with E-state index >= 15 is 0 Å². The molecule has 0 unspecified atom stereocenters. The number of halogens is 4. The molecule has 2 N–H and O–H groups in total. The van der Waals surface area contributed by atoms with Crippen molar-refractivity contribution in [3.63, 3.8) is 0 Å². The Hall–Kier alpha value is -2.43. The number of alkyl halides is 4. The summed E-state index contributed by atoms with van der Waals surface area (Å²) in [5.41, 5.74) is 0.375. The summed E-state index contributed by atoms with van der Waals surface area (Å²) < 4.78 is 54.3. The Balaban J connectivity index is 1.19. The van der Waals surface area contributed by atoms with Crippen molar-refractivity contribution in [2.24, 2.45) is 17.8 Å². The van der Waals surface area contributed by atoms with E-state index in [0.717, 1.165) is 54.2 Å². The van der Waals surface area contributed by atoms with Crippen molar-refractivity contribution in [3.05, 3.63) is 29.3 Å². The van der Waals surface area contributed by atoms with Crippen LogP contribution in [-0.4, -0.2) is 28.8 Å². The molecule has 0 spiro atoms. The normalized spacial score (nSPS) is 28.7. The number of aromatic nitrogens is 2. The fraction of sp³-hybridized carbons (Fsp3) is 0.571. The van der Waals surface area contributed by atoms with Crippen molar-refractivity contribution in [1.82, 2.24) is 10.2 Å². The molecule has 2 aromatic rings. The van der Waals surface area contributed by atoms with E-state index in [-0.39, 0.29) is 11.1 Å². The first-order valence-corrected chi connectivity index (χ1v) is 11.4. The lowest BCUT2D eigenvalue weighted by molar-refractivity contribution is -0.253. The van der Waals surface area contributed by atoms with Crippen molar-refractivity contribution in [1.29, 1.82) is 0 Å². The summed E-state index contributed by atoms with van der Waals surface area (Å²) in [4.78, 5) is 12.3. The molecule has 1 aromatic heterocycles. The van der Waals surface area contributed by atoms with Gasteiger partial charge in [-0.1, -0.05) is 11.3 Å². The molecule has 1 heterocycles. The predicted octanol–water partition coefficient (Wildman–Crippen LogP) is 5.89. The Morgan fingerprint density at radius 2 is 1.62 bits per heavy atom. The summed E-state index contributed by atoms with van der Waals surface area (Å²) >= 11 is 1.40. The maximum Gasteiger partial charge on any atom is 0.461 e. The molecule has 2 amide bonds. The first-order chi connectivity index (χ1) is 15.2. The Labute approximate surface area is 185 Å². The topological polar surface area (TPSA) is 76.1 Å². The number of anilines is 2. The third-order valence-corrected chi connectivity index (χ3v) is 7.84. The van der Waals surface area contributed by atoms with Gasteiger partial charge in [-0.05, 0) is 80.5 Å². The van der Waals surface area contributed by atoms with Crippen molar-refractivity contribution in [2.45, 2.75) is 56.5 Å². The van der Waals surface area contributed by atoms with E-state index in [2.05, 4.69) is 25.6 Å². The van der Waals surface area contributed by atoms with E-state index in [1.807, 2.05) is 0 Å². The number of hydrogen-bond donors (Lipinski definition) is 2. The fourth-order valence-corrected chi connectivity index (χ4v) is 6.88. The summed E-state index contributed by atoms with van der Waals surface area (Å²) in [6, 6.07) is 4.13. The molecule has 0 radical (unpaired) electrons. The van der Waals surface area contributed by atoms with Gasteiger partial charge in [-0.2, -0.15) is 17.6 Å². The van der Waals surface area contributed by atoms with Crippen molar-refractivity contribution in [3.8, 4) is 5.75 Å². The Bertz CT molecular complexity index is 963. The summed E-state index contributed by atoms with van der Waals surface area (Å²) in [5, 5.41) is 15.1. The Morgan fingerprint density at radius 1 is 1.03 bits per heavy atom. The summed E-state index contributed by atoms with van der Waals surface area (Å²) in [5.74, 6) is 1.89. The monoisotopic (exact) mass is 470 g/mol. The fourth-order valence-electron chi connectivity index (χ4n) is 5.93. The molecular formula is C21H22F4N4O2S. The number of carbonyl (C=O) groups is 1. The van der Waals surface area contributed by atoms with Crippen LogP contribution in [0.15, 0.2) is 24.3 Å². The standard InChI is InChI=1S/C21H22F4N4O2S/c22-16(23)21(24,25)31-15-3-1-14(2-4-15)26-18(30)27-19-29-28-17(32-19)20-8-11-5-12(9-20)7-13(6-11)10-20/h1-4,11-13,16H,5-10H2,(H2,26,27,29,30). The van der Waals surface area contributed by atoms with Crippen molar-refractivity contribution in [2.75, 3.05) is 10.6 Å². The summed E-state index contributed by atoms with van der Waals surface area (Å²) in [7, 11) is 0. The minimum atomic E-state index is -4.58. The molecule has 0 saturated heterocycles.